The number of likely N-dealkylation sites (tertiary alicyclic amines) is 1. The number of anilines is 1. The largest absolute Gasteiger partial charge is 0.384 e. The van der Waals surface area contributed by atoms with Crippen LogP contribution in [0.4, 0.5) is 5.82 Å². The third-order valence-electron chi connectivity index (χ3n) is 3.17. The van der Waals surface area contributed by atoms with Crippen LogP contribution in [0.25, 0.3) is 0 Å². The maximum Gasteiger partial charge on any atom is 0.222 e. The van der Waals surface area contributed by atoms with E-state index >= 15 is 0 Å². The van der Waals surface area contributed by atoms with Gasteiger partial charge in [0.25, 0.3) is 0 Å². The number of aryl methyl sites for hydroxylation is 1. The van der Waals surface area contributed by atoms with Gasteiger partial charge in [-0.05, 0) is 19.8 Å². The Bertz CT molecular complexity index is 413. The zero-order chi connectivity index (χ0) is 13.0. The number of hydrogen-bond donors (Lipinski definition) is 1. The van der Waals surface area contributed by atoms with Crippen LogP contribution in [0.5, 0.6) is 0 Å². The van der Waals surface area contributed by atoms with E-state index in [0.717, 1.165) is 31.5 Å². The van der Waals surface area contributed by atoms with Gasteiger partial charge in [0, 0.05) is 24.7 Å². The molecule has 1 amide bonds. The second-order valence-electron chi connectivity index (χ2n) is 4.83. The first-order valence-corrected chi connectivity index (χ1v) is 6.53. The number of hydrogen-bond acceptors (Lipinski definition) is 4. The molecule has 1 aliphatic rings. The topological polar surface area (TPSA) is 72.1 Å². The van der Waals surface area contributed by atoms with Crippen molar-refractivity contribution in [2.24, 2.45) is 0 Å². The van der Waals surface area contributed by atoms with Gasteiger partial charge < -0.3 is 10.6 Å². The van der Waals surface area contributed by atoms with Crippen LogP contribution < -0.4 is 5.73 Å². The standard InChI is InChI=1S/C13H20N4O/c1-10-8-11(14)16-12(15-10)9-17-7-5-3-2-4-6-13(17)18/h8H,2-7,9H2,1H3,(H2,14,15,16). The molecular formula is C13H20N4O. The van der Waals surface area contributed by atoms with Crippen LogP contribution in [0.15, 0.2) is 6.07 Å². The lowest BCUT2D eigenvalue weighted by Gasteiger charge is -2.24. The van der Waals surface area contributed by atoms with E-state index in [1.807, 2.05) is 11.8 Å². The predicted octanol–water partition coefficient (Wildman–Crippen LogP) is 1.66. The summed E-state index contributed by atoms with van der Waals surface area (Å²) in [5, 5.41) is 0. The van der Waals surface area contributed by atoms with Crippen LogP contribution >= 0.6 is 0 Å². The Balaban J connectivity index is 2.07. The van der Waals surface area contributed by atoms with Gasteiger partial charge in [-0.15, -0.1) is 0 Å². The summed E-state index contributed by atoms with van der Waals surface area (Å²) in [4.78, 5) is 22.4. The number of aromatic nitrogens is 2. The Kier molecular flexibility index (Phi) is 4.12. The number of carbonyl (C=O) groups is 1. The number of nitrogens with zero attached hydrogens (tertiary/aromatic N) is 3. The molecule has 1 saturated heterocycles. The molecule has 2 rings (SSSR count). The highest BCUT2D eigenvalue weighted by Gasteiger charge is 2.17. The fourth-order valence-electron chi connectivity index (χ4n) is 2.28. The number of amides is 1. The van der Waals surface area contributed by atoms with Crippen LogP contribution in [-0.2, 0) is 11.3 Å². The number of nitrogens with two attached hydrogens (primary N) is 1. The summed E-state index contributed by atoms with van der Waals surface area (Å²) in [5.41, 5.74) is 6.54. The molecule has 1 fully saturated rings. The van der Waals surface area contributed by atoms with Crippen LogP contribution in [0.1, 0.15) is 43.6 Å². The lowest BCUT2D eigenvalue weighted by molar-refractivity contribution is -0.132. The van der Waals surface area contributed by atoms with E-state index in [2.05, 4.69) is 9.97 Å². The van der Waals surface area contributed by atoms with E-state index < -0.39 is 0 Å². The zero-order valence-electron chi connectivity index (χ0n) is 10.9. The molecule has 0 saturated carbocycles. The lowest BCUT2D eigenvalue weighted by Crippen LogP contribution is -2.33. The molecule has 2 heterocycles. The molecule has 5 heteroatoms. The molecule has 0 spiro atoms. The monoisotopic (exact) mass is 248 g/mol. The summed E-state index contributed by atoms with van der Waals surface area (Å²) in [6, 6.07) is 1.73. The second-order valence-corrected chi connectivity index (χ2v) is 4.83. The minimum absolute atomic E-state index is 0.207. The minimum atomic E-state index is 0.207. The molecule has 18 heavy (non-hydrogen) atoms. The summed E-state index contributed by atoms with van der Waals surface area (Å²) in [6.45, 7) is 3.16. The second kappa shape index (κ2) is 5.80. The quantitative estimate of drug-likeness (QED) is 0.864. The molecule has 5 nitrogen and oxygen atoms in total. The molecule has 1 aromatic heterocycles. The molecule has 98 valence electrons. The van der Waals surface area contributed by atoms with E-state index in [-0.39, 0.29) is 5.91 Å². The third kappa shape index (κ3) is 3.42. The SMILES string of the molecule is Cc1cc(N)nc(CN2CCCCCCC2=O)n1. The highest BCUT2D eigenvalue weighted by Crippen LogP contribution is 2.14. The maximum atomic E-state index is 12.0. The molecule has 0 unspecified atom stereocenters. The van der Waals surface area contributed by atoms with E-state index in [0.29, 0.717) is 24.6 Å². The van der Waals surface area contributed by atoms with Gasteiger partial charge in [0.2, 0.25) is 5.91 Å². The number of rotatable bonds is 2. The van der Waals surface area contributed by atoms with Crippen molar-refractivity contribution in [3.05, 3.63) is 17.6 Å². The van der Waals surface area contributed by atoms with E-state index in [4.69, 9.17) is 5.73 Å². The lowest BCUT2D eigenvalue weighted by atomic mass is 10.1. The molecule has 1 aromatic rings. The maximum absolute atomic E-state index is 12.0. The minimum Gasteiger partial charge on any atom is -0.384 e. The smallest absolute Gasteiger partial charge is 0.222 e. The van der Waals surface area contributed by atoms with Crippen molar-refractivity contribution in [1.29, 1.82) is 0 Å². The van der Waals surface area contributed by atoms with Crippen LogP contribution in [0, 0.1) is 6.92 Å². The van der Waals surface area contributed by atoms with Gasteiger partial charge in [-0.3, -0.25) is 4.79 Å². The molecular weight excluding hydrogens is 228 g/mol. The highest BCUT2D eigenvalue weighted by atomic mass is 16.2. The van der Waals surface area contributed by atoms with Crippen LogP contribution in [-0.4, -0.2) is 27.3 Å². The first kappa shape index (κ1) is 12.8. The zero-order valence-corrected chi connectivity index (χ0v) is 10.9. The third-order valence-corrected chi connectivity index (χ3v) is 3.17. The number of nitrogen functional groups attached to an aromatic ring is 1. The summed E-state index contributed by atoms with van der Waals surface area (Å²) in [6.07, 6.45) is 5.05. The Morgan fingerprint density at radius 3 is 2.83 bits per heavy atom. The molecule has 0 bridgehead atoms. The Morgan fingerprint density at radius 1 is 1.28 bits per heavy atom. The van der Waals surface area contributed by atoms with Crippen molar-refractivity contribution < 1.29 is 4.79 Å². The Hall–Kier alpha value is -1.65. The highest BCUT2D eigenvalue weighted by molar-refractivity contribution is 5.76. The van der Waals surface area contributed by atoms with Crippen molar-refractivity contribution in [1.82, 2.24) is 14.9 Å². The Labute approximate surface area is 107 Å². The summed E-state index contributed by atoms with van der Waals surface area (Å²) >= 11 is 0. The van der Waals surface area contributed by atoms with Crippen molar-refractivity contribution >= 4 is 11.7 Å². The van der Waals surface area contributed by atoms with Gasteiger partial charge >= 0.3 is 0 Å². The molecule has 0 aliphatic carbocycles. The number of carbonyl (C=O) groups excluding carboxylic acids is 1. The fraction of sp³-hybridized carbons (Fsp3) is 0.615. The van der Waals surface area contributed by atoms with Crippen molar-refractivity contribution in [3.63, 3.8) is 0 Å². The molecule has 0 radical (unpaired) electrons. The van der Waals surface area contributed by atoms with E-state index in [9.17, 15) is 4.79 Å². The molecule has 0 aromatic carbocycles. The van der Waals surface area contributed by atoms with Gasteiger partial charge in [0.1, 0.15) is 11.6 Å². The van der Waals surface area contributed by atoms with Gasteiger partial charge in [0.15, 0.2) is 0 Å². The molecule has 1 aliphatic heterocycles. The van der Waals surface area contributed by atoms with Crippen LogP contribution in [0.2, 0.25) is 0 Å². The fourth-order valence-corrected chi connectivity index (χ4v) is 2.28. The molecule has 0 atom stereocenters. The van der Waals surface area contributed by atoms with Gasteiger partial charge in [-0.2, -0.15) is 0 Å². The van der Waals surface area contributed by atoms with Gasteiger partial charge in [-0.1, -0.05) is 12.8 Å². The summed E-state index contributed by atoms with van der Waals surface area (Å²) in [7, 11) is 0. The average Bonchev–Trinajstić information content (AvgIpc) is 2.28. The van der Waals surface area contributed by atoms with Gasteiger partial charge in [0.05, 0.1) is 6.54 Å². The molecule has 2 N–H and O–H groups in total. The van der Waals surface area contributed by atoms with Crippen molar-refractivity contribution in [2.75, 3.05) is 12.3 Å². The van der Waals surface area contributed by atoms with E-state index in [1.54, 1.807) is 6.07 Å². The van der Waals surface area contributed by atoms with Crippen molar-refractivity contribution in [3.8, 4) is 0 Å². The normalized spacial score (nSPS) is 17.4. The van der Waals surface area contributed by atoms with Crippen molar-refractivity contribution in [2.45, 2.75) is 45.6 Å². The van der Waals surface area contributed by atoms with Crippen LogP contribution in [0.3, 0.4) is 0 Å². The average molecular weight is 248 g/mol. The Morgan fingerprint density at radius 2 is 2.06 bits per heavy atom. The summed E-state index contributed by atoms with van der Waals surface area (Å²) < 4.78 is 0. The predicted molar refractivity (Wildman–Crippen MR) is 69.7 cm³/mol. The van der Waals surface area contributed by atoms with E-state index in [1.165, 1.54) is 6.42 Å². The first-order chi connectivity index (χ1) is 8.65. The van der Waals surface area contributed by atoms with Gasteiger partial charge in [-0.25, -0.2) is 9.97 Å². The summed E-state index contributed by atoms with van der Waals surface area (Å²) in [5.74, 6) is 1.32. The first-order valence-electron chi connectivity index (χ1n) is 6.53.